The number of amides is 1. The second-order valence-electron chi connectivity index (χ2n) is 6.70. The molecule has 0 saturated heterocycles. The van der Waals surface area contributed by atoms with E-state index in [1.165, 1.54) is 30.5 Å². The van der Waals surface area contributed by atoms with Gasteiger partial charge in [0.25, 0.3) is 0 Å². The maximum Gasteiger partial charge on any atom is 0.345 e. The first-order valence-corrected chi connectivity index (χ1v) is 8.92. The van der Waals surface area contributed by atoms with E-state index in [2.05, 4.69) is 25.5 Å². The Labute approximate surface area is 146 Å². The molecule has 3 rings (SSSR count). The van der Waals surface area contributed by atoms with E-state index in [0.717, 1.165) is 29.8 Å². The van der Waals surface area contributed by atoms with Crippen molar-refractivity contribution in [2.75, 3.05) is 0 Å². The molecule has 7 nitrogen and oxygen atoms in total. The van der Waals surface area contributed by atoms with Crippen LogP contribution in [0.5, 0.6) is 0 Å². The molecule has 1 aliphatic carbocycles. The summed E-state index contributed by atoms with van der Waals surface area (Å²) in [6.45, 7) is 4.10. The minimum Gasteiger partial charge on any atom is -0.350 e. The van der Waals surface area contributed by atoms with E-state index in [4.69, 9.17) is 0 Å². The number of H-pyrrole nitrogens is 2. The van der Waals surface area contributed by atoms with E-state index in [9.17, 15) is 9.59 Å². The van der Waals surface area contributed by atoms with Gasteiger partial charge in [0.1, 0.15) is 0 Å². The van der Waals surface area contributed by atoms with Crippen LogP contribution in [-0.4, -0.2) is 26.1 Å². The van der Waals surface area contributed by atoms with Crippen LogP contribution in [0.4, 0.5) is 0 Å². The lowest BCUT2D eigenvalue weighted by molar-refractivity contribution is -0.121. The number of aromatic nitrogens is 4. The number of rotatable bonds is 5. The van der Waals surface area contributed by atoms with Gasteiger partial charge in [-0.1, -0.05) is 6.42 Å². The number of aryl methyl sites for hydroxylation is 3. The van der Waals surface area contributed by atoms with Crippen LogP contribution >= 0.6 is 0 Å². The van der Waals surface area contributed by atoms with Crippen LogP contribution in [0.3, 0.4) is 0 Å². The zero-order valence-electron chi connectivity index (χ0n) is 14.9. The molecule has 0 bridgehead atoms. The van der Waals surface area contributed by atoms with Crippen molar-refractivity contribution in [2.24, 2.45) is 0 Å². The van der Waals surface area contributed by atoms with Gasteiger partial charge in [0.2, 0.25) is 5.91 Å². The first-order chi connectivity index (χ1) is 12.0. The van der Waals surface area contributed by atoms with Crippen molar-refractivity contribution in [3.63, 3.8) is 0 Å². The Kier molecular flexibility index (Phi) is 5.31. The summed E-state index contributed by atoms with van der Waals surface area (Å²) in [5.74, 6) is -0.0182. The molecule has 2 heterocycles. The second kappa shape index (κ2) is 7.63. The fourth-order valence-corrected chi connectivity index (χ4v) is 3.51. The van der Waals surface area contributed by atoms with Gasteiger partial charge in [0.05, 0.1) is 12.2 Å². The molecule has 0 radical (unpaired) electrons. The fourth-order valence-electron chi connectivity index (χ4n) is 3.51. The molecule has 0 atom stereocenters. The highest BCUT2D eigenvalue weighted by Crippen LogP contribution is 2.21. The van der Waals surface area contributed by atoms with E-state index in [0.29, 0.717) is 25.1 Å². The number of fused-ring (bicyclic) bond motifs is 1. The molecule has 25 heavy (non-hydrogen) atoms. The molecule has 1 amide bonds. The van der Waals surface area contributed by atoms with Crippen LogP contribution in [0.25, 0.3) is 0 Å². The van der Waals surface area contributed by atoms with Crippen molar-refractivity contribution < 1.29 is 4.79 Å². The first-order valence-electron chi connectivity index (χ1n) is 8.92. The highest BCUT2D eigenvalue weighted by Gasteiger charge is 2.16. The number of carbonyl (C=O) groups excluding carboxylic acids is 1. The van der Waals surface area contributed by atoms with Gasteiger partial charge in [0.15, 0.2) is 0 Å². The summed E-state index contributed by atoms with van der Waals surface area (Å²) in [4.78, 5) is 30.1. The molecule has 2 aromatic heterocycles. The zero-order chi connectivity index (χ0) is 17.8. The van der Waals surface area contributed by atoms with Crippen LogP contribution in [0.1, 0.15) is 59.6 Å². The molecular formula is C18H25N5O2. The monoisotopic (exact) mass is 343 g/mol. The molecule has 134 valence electrons. The quantitative estimate of drug-likeness (QED) is 0.718. The maximum absolute atomic E-state index is 12.2. The number of aromatic amines is 2. The Hall–Kier alpha value is -2.44. The highest BCUT2D eigenvalue weighted by molar-refractivity contribution is 5.76. The van der Waals surface area contributed by atoms with Crippen LogP contribution in [0.2, 0.25) is 0 Å². The van der Waals surface area contributed by atoms with Gasteiger partial charge in [-0.25, -0.2) is 4.79 Å². The normalized spacial score (nSPS) is 14.0. The fraction of sp³-hybridized carbons (Fsp3) is 0.556. The Morgan fingerprint density at radius 2 is 2.00 bits per heavy atom. The van der Waals surface area contributed by atoms with Gasteiger partial charge in [0, 0.05) is 23.5 Å². The molecular weight excluding hydrogens is 318 g/mol. The molecule has 0 fully saturated rings. The zero-order valence-corrected chi connectivity index (χ0v) is 14.9. The molecule has 2 aromatic rings. The summed E-state index contributed by atoms with van der Waals surface area (Å²) in [6, 6.07) is 0. The molecule has 3 N–H and O–H groups in total. The minimum absolute atomic E-state index is 0.0182. The molecule has 0 unspecified atom stereocenters. The third-order valence-electron chi connectivity index (χ3n) is 4.90. The Bertz CT molecular complexity index is 795. The van der Waals surface area contributed by atoms with Gasteiger partial charge in [-0.15, -0.1) is 0 Å². The Morgan fingerprint density at radius 3 is 2.80 bits per heavy atom. The number of hydrogen-bond donors (Lipinski definition) is 3. The number of nitrogens with zero attached hydrogens (tertiary/aromatic N) is 2. The van der Waals surface area contributed by atoms with Gasteiger partial charge in [-0.2, -0.15) is 10.1 Å². The molecule has 0 saturated carbocycles. The van der Waals surface area contributed by atoms with Gasteiger partial charge >= 0.3 is 5.69 Å². The third kappa shape index (κ3) is 4.15. The molecule has 0 spiro atoms. The van der Waals surface area contributed by atoms with Crippen molar-refractivity contribution in [1.29, 1.82) is 0 Å². The third-order valence-corrected chi connectivity index (χ3v) is 4.90. The summed E-state index contributed by atoms with van der Waals surface area (Å²) in [6.07, 6.45) is 6.65. The Balaban J connectivity index is 1.56. The summed E-state index contributed by atoms with van der Waals surface area (Å²) in [5.41, 5.74) is 5.53. The van der Waals surface area contributed by atoms with Crippen molar-refractivity contribution in [1.82, 2.24) is 25.5 Å². The van der Waals surface area contributed by atoms with Crippen LogP contribution < -0.4 is 11.0 Å². The van der Waals surface area contributed by atoms with Gasteiger partial charge in [-0.3, -0.25) is 9.89 Å². The molecule has 1 aliphatic rings. The minimum atomic E-state index is -0.345. The molecule has 0 aliphatic heterocycles. The first kappa shape index (κ1) is 17.4. The van der Waals surface area contributed by atoms with E-state index in [1.807, 2.05) is 6.92 Å². The number of carbonyl (C=O) groups is 1. The highest BCUT2D eigenvalue weighted by atomic mass is 16.1. The standard InChI is InChI=1S/C18H25N5O2/c1-11-13(12(2)21-18(25)20-11)8-9-17(24)19-10-16-14-6-4-3-5-7-15(14)22-23-16/h3-10H2,1-2H3,(H,19,24)(H,22,23)(H,20,21,25). The predicted octanol–water partition coefficient (Wildman–Crippen LogP) is 1.63. The summed E-state index contributed by atoms with van der Waals surface area (Å²) in [5, 5.41) is 10.5. The molecule has 7 heteroatoms. The van der Waals surface area contributed by atoms with E-state index < -0.39 is 0 Å². The van der Waals surface area contributed by atoms with Crippen molar-refractivity contribution >= 4 is 5.91 Å². The second-order valence-corrected chi connectivity index (χ2v) is 6.70. The van der Waals surface area contributed by atoms with Gasteiger partial charge < -0.3 is 10.3 Å². The van der Waals surface area contributed by atoms with Crippen molar-refractivity contribution in [3.05, 3.63) is 44.4 Å². The van der Waals surface area contributed by atoms with Crippen LogP contribution in [0, 0.1) is 13.8 Å². The van der Waals surface area contributed by atoms with E-state index >= 15 is 0 Å². The van der Waals surface area contributed by atoms with Crippen LogP contribution in [0.15, 0.2) is 4.79 Å². The van der Waals surface area contributed by atoms with E-state index in [1.54, 1.807) is 6.92 Å². The van der Waals surface area contributed by atoms with Gasteiger partial charge in [-0.05, 0) is 57.1 Å². The topological polar surface area (TPSA) is 104 Å². The number of nitrogens with one attached hydrogen (secondary N) is 3. The lowest BCUT2D eigenvalue weighted by atomic mass is 10.1. The van der Waals surface area contributed by atoms with Crippen molar-refractivity contribution in [3.8, 4) is 0 Å². The largest absolute Gasteiger partial charge is 0.350 e. The summed E-state index contributed by atoms with van der Waals surface area (Å²) < 4.78 is 0. The SMILES string of the molecule is Cc1nc(=O)[nH]c(C)c1CCC(=O)NCc1n[nH]c2c1CCCCC2. The lowest BCUT2D eigenvalue weighted by Gasteiger charge is -2.09. The average Bonchev–Trinajstić information content (AvgIpc) is 2.78. The lowest BCUT2D eigenvalue weighted by Crippen LogP contribution is -2.24. The van der Waals surface area contributed by atoms with E-state index in [-0.39, 0.29) is 11.6 Å². The summed E-state index contributed by atoms with van der Waals surface area (Å²) in [7, 11) is 0. The average molecular weight is 343 g/mol. The number of hydrogen-bond acceptors (Lipinski definition) is 4. The van der Waals surface area contributed by atoms with Crippen molar-refractivity contribution in [2.45, 2.75) is 65.3 Å². The smallest absolute Gasteiger partial charge is 0.345 e. The molecule has 0 aromatic carbocycles. The maximum atomic E-state index is 12.2. The summed E-state index contributed by atoms with van der Waals surface area (Å²) >= 11 is 0. The Morgan fingerprint density at radius 1 is 1.20 bits per heavy atom. The van der Waals surface area contributed by atoms with Crippen LogP contribution in [-0.2, 0) is 30.6 Å². The predicted molar refractivity (Wildman–Crippen MR) is 94.3 cm³/mol.